The van der Waals surface area contributed by atoms with E-state index in [-0.39, 0.29) is 17.7 Å². The van der Waals surface area contributed by atoms with Crippen LogP contribution in [0.2, 0.25) is 0 Å². The summed E-state index contributed by atoms with van der Waals surface area (Å²) in [6.45, 7) is 3.48. The lowest BCUT2D eigenvalue weighted by Gasteiger charge is -2.28. The zero-order valence-electron chi connectivity index (χ0n) is 16.3. The van der Waals surface area contributed by atoms with Gasteiger partial charge in [0.25, 0.3) is 11.8 Å². The lowest BCUT2D eigenvalue weighted by atomic mass is 9.97. The Morgan fingerprint density at radius 2 is 1.97 bits per heavy atom. The maximum Gasteiger partial charge on any atom is 0.268 e. The Bertz CT molecular complexity index is 853. The molecule has 154 valence electrons. The van der Waals surface area contributed by atoms with Gasteiger partial charge >= 0.3 is 0 Å². The summed E-state index contributed by atoms with van der Waals surface area (Å²) in [5, 5.41) is 34.0. The third-order valence-corrected chi connectivity index (χ3v) is 4.49. The summed E-state index contributed by atoms with van der Waals surface area (Å²) < 4.78 is 0. The number of aliphatic hydroxyl groups excluding tert-OH is 1. The van der Waals surface area contributed by atoms with Crippen molar-refractivity contribution < 1.29 is 25.0 Å². The van der Waals surface area contributed by atoms with Gasteiger partial charge in [-0.2, -0.15) is 0 Å². The maximum atomic E-state index is 12.3. The lowest BCUT2D eigenvalue weighted by Crippen LogP contribution is -2.57. The minimum Gasteiger partial charge on any atom is -0.391 e. The van der Waals surface area contributed by atoms with Crippen molar-refractivity contribution in [3.8, 4) is 23.7 Å². The molecule has 29 heavy (non-hydrogen) atoms. The Kier molecular flexibility index (Phi) is 7.77. The standard InChI is InChI=1S/C21H25N3O5/c1-21(2,28)18(20(27)24-29)23-19(26)15-10-8-14(9-11-15)6-4-3-5-7-16-17(25)12-13-22-16/h8-11,16-18,22,25,28-29H,7,12-13H2,1-2H3,(H,23,26)(H,24,27)/t16-,17+,18-/m1/s1. The van der Waals surface area contributed by atoms with Crippen molar-refractivity contribution in [1.82, 2.24) is 16.1 Å². The van der Waals surface area contributed by atoms with Gasteiger partial charge in [0.05, 0.1) is 11.7 Å². The van der Waals surface area contributed by atoms with Crippen molar-refractivity contribution in [2.75, 3.05) is 6.54 Å². The fourth-order valence-electron chi connectivity index (χ4n) is 2.82. The summed E-state index contributed by atoms with van der Waals surface area (Å²) in [6.07, 6.45) is 0.896. The molecule has 0 aromatic heterocycles. The summed E-state index contributed by atoms with van der Waals surface area (Å²) in [4.78, 5) is 24.0. The quantitative estimate of drug-likeness (QED) is 0.225. The average molecular weight is 399 g/mol. The Morgan fingerprint density at radius 3 is 2.52 bits per heavy atom. The Balaban J connectivity index is 1.96. The van der Waals surface area contributed by atoms with E-state index in [0.717, 1.165) is 13.0 Å². The molecule has 1 fully saturated rings. The molecule has 1 aromatic rings. The Labute approximate surface area is 169 Å². The smallest absolute Gasteiger partial charge is 0.268 e. The number of carbonyl (C=O) groups is 2. The van der Waals surface area contributed by atoms with E-state index in [2.05, 4.69) is 34.3 Å². The zero-order valence-corrected chi connectivity index (χ0v) is 16.3. The predicted octanol–water partition coefficient (Wildman–Crippen LogP) is -0.471. The van der Waals surface area contributed by atoms with Crippen LogP contribution in [-0.4, -0.2) is 57.6 Å². The van der Waals surface area contributed by atoms with E-state index in [1.807, 2.05) is 0 Å². The molecule has 2 rings (SSSR count). The van der Waals surface area contributed by atoms with Gasteiger partial charge in [0, 0.05) is 23.6 Å². The molecule has 3 atom stereocenters. The zero-order chi connectivity index (χ0) is 21.4. The molecule has 8 nitrogen and oxygen atoms in total. The van der Waals surface area contributed by atoms with E-state index in [9.17, 15) is 19.8 Å². The number of nitrogens with one attached hydrogen (secondary N) is 3. The summed E-state index contributed by atoms with van der Waals surface area (Å²) in [5.74, 6) is 9.75. The highest BCUT2D eigenvalue weighted by molar-refractivity contribution is 5.97. The molecular formula is C21H25N3O5. The average Bonchev–Trinajstić information content (AvgIpc) is 3.09. The first-order valence-electron chi connectivity index (χ1n) is 9.20. The number of hydrogen-bond donors (Lipinski definition) is 6. The second kappa shape index (κ2) is 10.1. The van der Waals surface area contributed by atoms with Gasteiger partial charge in [-0.05, 0) is 62.9 Å². The molecule has 0 spiro atoms. The summed E-state index contributed by atoms with van der Waals surface area (Å²) >= 11 is 0. The second-order valence-electron chi connectivity index (χ2n) is 7.29. The Hall–Kier alpha value is -2.88. The van der Waals surface area contributed by atoms with Crippen LogP contribution in [0.4, 0.5) is 0 Å². The lowest BCUT2D eigenvalue weighted by molar-refractivity contribution is -0.136. The SMILES string of the molecule is CC(C)(O)[C@H](NC(=O)c1ccc(C#CC#CC[C@H]2NCC[C@@H]2O)cc1)C(=O)NO. The summed E-state index contributed by atoms with van der Waals surface area (Å²) in [6, 6.07) is 4.99. The number of aliphatic hydroxyl groups is 2. The van der Waals surface area contributed by atoms with Crippen molar-refractivity contribution in [1.29, 1.82) is 0 Å². The molecule has 0 aliphatic carbocycles. The van der Waals surface area contributed by atoms with E-state index >= 15 is 0 Å². The molecule has 1 aliphatic rings. The highest BCUT2D eigenvalue weighted by Crippen LogP contribution is 2.11. The topological polar surface area (TPSA) is 131 Å². The van der Waals surface area contributed by atoms with E-state index < -0.39 is 23.5 Å². The maximum absolute atomic E-state index is 12.3. The van der Waals surface area contributed by atoms with Crippen LogP contribution in [0.25, 0.3) is 0 Å². The van der Waals surface area contributed by atoms with Gasteiger partial charge in [0.15, 0.2) is 0 Å². The number of carbonyl (C=O) groups excluding carboxylic acids is 2. The van der Waals surface area contributed by atoms with Crippen LogP contribution in [0, 0.1) is 23.7 Å². The second-order valence-corrected chi connectivity index (χ2v) is 7.29. The van der Waals surface area contributed by atoms with E-state index in [4.69, 9.17) is 5.21 Å². The van der Waals surface area contributed by atoms with Crippen molar-refractivity contribution >= 4 is 11.8 Å². The van der Waals surface area contributed by atoms with Gasteiger partial charge in [-0.1, -0.05) is 11.8 Å². The largest absolute Gasteiger partial charge is 0.391 e. The van der Waals surface area contributed by atoms with Crippen LogP contribution in [0.1, 0.15) is 42.6 Å². The molecule has 8 heteroatoms. The summed E-state index contributed by atoms with van der Waals surface area (Å²) in [5.41, 5.74) is 0.777. The highest BCUT2D eigenvalue weighted by Gasteiger charge is 2.34. The molecule has 0 bridgehead atoms. The van der Waals surface area contributed by atoms with Crippen LogP contribution in [-0.2, 0) is 4.79 Å². The number of rotatable bonds is 5. The van der Waals surface area contributed by atoms with Crippen molar-refractivity contribution in [3.63, 3.8) is 0 Å². The number of hydrogen-bond acceptors (Lipinski definition) is 6. The highest BCUT2D eigenvalue weighted by atomic mass is 16.5. The van der Waals surface area contributed by atoms with Gasteiger partial charge < -0.3 is 20.8 Å². The van der Waals surface area contributed by atoms with Crippen molar-refractivity contribution in [2.45, 2.75) is 50.5 Å². The molecule has 1 saturated heterocycles. The molecule has 0 unspecified atom stereocenters. The minimum atomic E-state index is -1.57. The normalized spacial score (nSPS) is 19.2. The van der Waals surface area contributed by atoms with Crippen LogP contribution < -0.4 is 16.1 Å². The molecular weight excluding hydrogens is 374 g/mol. The van der Waals surface area contributed by atoms with Gasteiger partial charge in [-0.3, -0.25) is 14.8 Å². The number of amides is 2. The fourth-order valence-corrected chi connectivity index (χ4v) is 2.82. The number of benzene rings is 1. The van der Waals surface area contributed by atoms with Gasteiger partial charge in [0.2, 0.25) is 0 Å². The van der Waals surface area contributed by atoms with Gasteiger partial charge in [0.1, 0.15) is 6.04 Å². The van der Waals surface area contributed by atoms with Crippen LogP contribution in [0.15, 0.2) is 24.3 Å². The molecule has 1 aromatic carbocycles. The first kappa shape index (κ1) is 22.4. The molecule has 6 N–H and O–H groups in total. The van der Waals surface area contributed by atoms with Gasteiger partial charge in [-0.15, -0.1) is 0 Å². The molecule has 0 radical (unpaired) electrons. The molecule has 2 amide bonds. The Morgan fingerprint density at radius 1 is 1.28 bits per heavy atom. The monoisotopic (exact) mass is 399 g/mol. The third-order valence-electron chi connectivity index (χ3n) is 4.49. The number of hydroxylamine groups is 1. The minimum absolute atomic E-state index is 0.0114. The molecule has 1 aliphatic heterocycles. The van der Waals surface area contributed by atoms with Crippen molar-refractivity contribution in [3.05, 3.63) is 35.4 Å². The van der Waals surface area contributed by atoms with Crippen LogP contribution in [0.3, 0.4) is 0 Å². The van der Waals surface area contributed by atoms with Gasteiger partial charge in [-0.25, -0.2) is 5.48 Å². The van der Waals surface area contributed by atoms with E-state index in [1.54, 1.807) is 12.1 Å². The van der Waals surface area contributed by atoms with Crippen LogP contribution >= 0.6 is 0 Å². The van der Waals surface area contributed by atoms with E-state index in [0.29, 0.717) is 12.0 Å². The first-order chi connectivity index (χ1) is 13.7. The third kappa shape index (κ3) is 6.60. The first-order valence-corrected chi connectivity index (χ1v) is 9.20. The molecule has 0 saturated carbocycles. The van der Waals surface area contributed by atoms with Crippen molar-refractivity contribution in [2.24, 2.45) is 0 Å². The summed E-state index contributed by atoms with van der Waals surface area (Å²) in [7, 11) is 0. The van der Waals surface area contributed by atoms with E-state index in [1.165, 1.54) is 31.5 Å². The fraction of sp³-hybridized carbons (Fsp3) is 0.429. The predicted molar refractivity (Wildman–Crippen MR) is 106 cm³/mol. The molecule has 1 heterocycles. The van der Waals surface area contributed by atoms with Crippen LogP contribution in [0.5, 0.6) is 0 Å².